The van der Waals surface area contributed by atoms with Crippen LogP contribution in [0, 0.1) is 11.7 Å². The van der Waals surface area contributed by atoms with Gasteiger partial charge < -0.3 is 14.4 Å². The molecule has 0 N–H and O–H groups in total. The second kappa shape index (κ2) is 10.9. The zero-order valence-electron chi connectivity index (χ0n) is 18.8. The van der Waals surface area contributed by atoms with E-state index in [1.54, 1.807) is 19.2 Å². The summed E-state index contributed by atoms with van der Waals surface area (Å²) >= 11 is 0. The maximum Gasteiger partial charge on any atom is 0.257 e. The topological polar surface area (TPSA) is 42.0 Å². The summed E-state index contributed by atoms with van der Waals surface area (Å²) in [7, 11) is 1.78. The van der Waals surface area contributed by atoms with Crippen LogP contribution in [0.1, 0.15) is 41.6 Å². The number of para-hydroxylation sites is 1. The smallest absolute Gasteiger partial charge is 0.257 e. The van der Waals surface area contributed by atoms with Gasteiger partial charge in [-0.2, -0.15) is 0 Å². The lowest BCUT2D eigenvalue weighted by Crippen LogP contribution is -2.46. The minimum absolute atomic E-state index is 0.0360. The van der Waals surface area contributed by atoms with E-state index in [9.17, 15) is 9.18 Å². The maximum atomic E-state index is 13.7. The van der Waals surface area contributed by atoms with Crippen LogP contribution in [0.2, 0.25) is 0 Å². The van der Waals surface area contributed by atoms with Crippen molar-refractivity contribution < 1.29 is 18.7 Å². The van der Waals surface area contributed by atoms with Crippen molar-refractivity contribution >= 4 is 5.91 Å². The van der Waals surface area contributed by atoms with E-state index < -0.39 is 0 Å². The van der Waals surface area contributed by atoms with E-state index >= 15 is 0 Å². The van der Waals surface area contributed by atoms with Crippen molar-refractivity contribution in [3.63, 3.8) is 0 Å². The third kappa shape index (κ3) is 5.67. The molecule has 2 bridgehead atoms. The fraction of sp³-hybridized carbons (Fsp3) is 0.500. The standard InChI is InChI=1S/C26H33FN2O3/c1-31-24-12-14-29-19-21(24)8-4-5-13-28(18-20-7-6-9-22(27)17-20)15-16-32-25-11-3-2-10-23(25)26(29)30/h2-3,6-7,9-11,17,21,24H,4-5,8,12-16,18-19H2,1H3/t21-,24+/m1/s1. The first-order chi connectivity index (χ1) is 15.6. The van der Waals surface area contributed by atoms with Crippen molar-refractivity contribution in [3.8, 4) is 5.75 Å². The Bertz CT molecular complexity index is 906. The quantitative estimate of drug-likeness (QED) is 0.711. The number of rotatable bonds is 3. The Labute approximate surface area is 190 Å². The molecule has 2 atom stereocenters. The van der Waals surface area contributed by atoms with Gasteiger partial charge in [-0.25, -0.2) is 4.39 Å². The summed E-state index contributed by atoms with van der Waals surface area (Å²) in [6.07, 6.45) is 4.22. The summed E-state index contributed by atoms with van der Waals surface area (Å²) in [6, 6.07) is 14.3. The number of piperidine rings is 1. The highest BCUT2D eigenvalue weighted by molar-refractivity contribution is 5.97. The molecule has 4 rings (SSSR count). The molecule has 6 heteroatoms. The number of ether oxygens (including phenoxy) is 2. The second-order valence-electron chi connectivity index (χ2n) is 8.82. The third-order valence-electron chi connectivity index (χ3n) is 6.63. The first-order valence-corrected chi connectivity index (χ1v) is 11.6. The average molecular weight is 441 g/mol. The predicted octanol–water partition coefficient (Wildman–Crippen LogP) is 4.37. The predicted molar refractivity (Wildman–Crippen MR) is 122 cm³/mol. The molecule has 2 aromatic rings. The van der Waals surface area contributed by atoms with Crippen LogP contribution in [0.3, 0.4) is 0 Å². The molecule has 1 fully saturated rings. The van der Waals surface area contributed by atoms with Gasteiger partial charge in [0, 0.05) is 39.2 Å². The molecule has 5 nitrogen and oxygen atoms in total. The number of carbonyl (C=O) groups excluding carboxylic acids is 1. The Morgan fingerprint density at radius 1 is 1.06 bits per heavy atom. The molecular weight excluding hydrogens is 407 g/mol. The Morgan fingerprint density at radius 2 is 1.94 bits per heavy atom. The van der Waals surface area contributed by atoms with E-state index in [0.29, 0.717) is 43.5 Å². The molecule has 32 heavy (non-hydrogen) atoms. The van der Waals surface area contributed by atoms with Crippen molar-refractivity contribution in [2.45, 2.75) is 38.3 Å². The molecule has 0 aromatic heterocycles. The SMILES string of the molecule is CO[C@H]1CCN2C[C@H]1CCCCN(Cc1cccc(F)c1)CCOc1ccccc1C2=O. The third-order valence-corrected chi connectivity index (χ3v) is 6.63. The van der Waals surface area contributed by atoms with Gasteiger partial charge in [0.05, 0.1) is 11.7 Å². The summed E-state index contributed by atoms with van der Waals surface area (Å²) < 4.78 is 25.5. The van der Waals surface area contributed by atoms with Gasteiger partial charge in [0.1, 0.15) is 18.2 Å². The molecule has 2 aliphatic heterocycles. The molecule has 0 saturated carbocycles. The van der Waals surface area contributed by atoms with Gasteiger partial charge in [-0.05, 0) is 55.6 Å². The van der Waals surface area contributed by atoms with Gasteiger partial charge in [-0.15, -0.1) is 0 Å². The van der Waals surface area contributed by atoms with E-state index in [1.807, 2.05) is 35.2 Å². The van der Waals surface area contributed by atoms with Crippen molar-refractivity contribution in [1.82, 2.24) is 9.80 Å². The minimum Gasteiger partial charge on any atom is -0.491 e. The van der Waals surface area contributed by atoms with Gasteiger partial charge in [0.2, 0.25) is 0 Å². The number of benzene rings is 2. The van der Waals surface area contributed by atoms with E-state index in [0.717, 1.165) is 44.3 Å². The summed E-state index contributed by atoms with van der Waals surface area (Å²) in [5.41, 5.74) is 1.58. The van der Waals surface area contributed by atoms with Crippen molar-refractivity contribution in [2.24, 2.45) is 5.92 Å². The number of hydrogen-bond acceptors (Lipinski definition) is 4. The van der Waals surface area contributed by atoms with Crippen molar-refractivity contribution in [1.29, 1.82) is 0 Å². The number of fused-ring (bicyclic) bond motifs is 3. The van der Waals surface area contributed by atoms with Gasteiger partial charge in [-0.1, -0.05) is 30.7 Å². The number of methoxy groups -OCH3 is 1. The summed E-state index contributed by atoms with van der Waals surface area (Å²) in [5, 5.41) is 0. The fourth-order valence-corrected chi connectivity index (χ4v) is 4.91. The molecule has 0 aliphatic carbocycles. The number of hydrogen-bond donors (Lipinski definition) is 0. The Balaban J connectivity index is 1.53. The first kappa shape index (κ1) is 22.7. The number of carbonyl (C=O) groups is 1. The molecule has 0 spiro atoms. The van der Waals surface area contributed by atoms with E-state index in [2.05, 4.69) is 4.90 Å². The van der Waals surface area contributed by atoms with Crippen LogP contribution >= 0.6 is 0 Å². The van der Waals surface area contributed by atoms with Crippen LogP contribution in [0.25, 0.3) is 0 Å². The van der Waals surface area contributed by atoms with Crippen LogP contribution in [-0.2, 0) is 11.3 Å². The Morgan fingerprint density at radius 3 is 2.78 bits per heavy atom. The molecule has 0 unspecified atom stereocenters. The van der Waals surface area contributed by atoms with E-state index in [1.165, 1.54) is 6.07 Å². The molecule has 1 amide bonds. The number of nitrogens with zero attached hydrogens (tertiary/aromatic N) is 2. The normalized spacial score (nSPS) is 23.2. The zero-order chi connectivity index (χ0) is 22.3. The fourth-order valence-electron chi connectivity index (χ4n) is 4.91. The molecular formula is C26H33FN2O3. The number of amides is 1. The Hall–Kier alpha value is -2.44. The van der Waals surface area contributed by atoms with Crippen molar-refractivity contribution in [2.75, 3.05) is 39.9 Å². The van der Waals surface area contributed by atoms with Crippen LogP contribution in [-0.4, -0.2) is 61.7 Å². The Kier molecular flexibility index (Phi) is 7.76. The summed E-state index contributed by atoms with van der Waals surface area (Å²) in [6.45, 7) is 4.23. The molecule has 0 radical (unpaired) electrons. The first-order valence-electron chi connectivity index (χ1n) is 11.6. The zero-order valence-corrected chi connectivity index (χ0v) is 18.8. The van der Waals surface area contributed by atoms with Gasteiger partial charge in [0.15, 0.2) is 0 Å². The van der Waals surface area contributed by atoms with E-state index in [4.69, 9.17) is 9.47 Å². The highest BCUT2D eigenvalue weighted by atomic mass is 19.1. The van der Waals surface area contributed by atoms with Crippen LogP contribution in [0.4, 0.5) is 4.39 Å². The number of halogens is 1. The lowest BCUT2D eigenvalue weighted by Gasteiger charge is -2.38. The highest BCUT2D eigenvalue weighted by Crippen LogP contribution is 2.28. The van der Waals surface area contributed by atoms with Crippen LogP contribution in [0.5, 0.6) is 5.75 Å². The molecule has 2 heterocycles. The molecule has 172 valence electrons. The lowest BCUT2D eigenvalue weighted by molar-refractivity contribution is -0.00702. The van der Waals surface area contributed by atoms with Crippen LogP contribution in [0.15, 0.2) is 48.5 Å². The lowest BCUT2D eigenvalue weighted by atomic mass is 9.89. The largest absolute Gasteiger partial charge is 0.491 e. The molecule has 1 saturated heterocycles. The van der Waals surface area contributed by atoms with E-state index in [-0.39, 0.29) is 17.8 Å². The average Bonchev–Trinajstić information content (AvgIpc) is 2.81. The van der Waals surface area contributed by atoms with Gasteiger partial charge in [-0.3, -0.25) is 9.69 Å². The molecule has 2 aromatic carbocycles. The van der Waals surface area contributed by atoms with Gasteiger partial charge in [0.25, 0.3) is 5.91 Å². The highest BCUT2D eigenvalue weighted by Gasteiger charge is 2.32. The maximum absolute atomic E-state index is 13.7. The van der Waals surface area contributed by atoms with Gasteiger partial charge >= 0.3 is 0 Å². The second-order valence-corrected chi connectivity index (χ2v) is 8.82. The van der Waals surface area contributed by atoms with Crippen molar-refractivity contribution in [3.05, 3.63) is 65.5 Å². The minimum atomic E-state index is -0.208. The monoisotopic (exact) mass is 440 g/mol. The van der Waals surface area contributed by atoms with Crippen LogP contribution < -0.4 is 4.74 Å². The summed E-state index contributed by atoms with van der Waals surface area (Å²) in [4.78, 5) is 17.6. The summed E-state index contributed by atoms with van der Waals surface area (Å²) in [5.74, 6) is 0.797. The molecule has 2 aliphatic rings.